The molecule has 5 nitrogen and oxygen atoms in total. The molecular weight excluding hydrogens is 246 g/mol. The Morgan fingerprint density at radius 3 is 2.47 bits per heavy atom. The molecule has 0 saturated heterocycles. The van der Waals surface area contributed by atoms with Crippen LogP contribution in [0.5, 0.6) is 5.75 Å². The Morgan fingerprint density at radius 2 is 1.95 bits per heavy atom. The first-order valence-corrected chi connectivity index (χ1v) is 6.02. The van der Waals surface area contributed by atoms with Crippen LogP contribution in [0, 0.1) is 13.8 Å². The Morgan fingerprint density at radius 1 is 1.32 bits per heavy atom. The largest absolute Gasteiger partial charge is 0.496 e. The van der Waals surface area contributed by atoms with E-state index >= 15 is 0 Å². The molecule has 19 heavy (non-hydrogen) atoms. The number of carboxylic acids is 1. The molecule has 1 unspecified atom stereocenters. The lowest BCUT2D eigenvalue weighted by Crippen LogP contribution is -2.37. The maximum atomic E-state index is 12.0. The molecule has 0 aliphatic carbocycles. The first kappa shape index (κ1) is 15.2. The van der Waals surface area contributed by atoms with Gasteiger partial charge in [0.1, 0.15) is 11.8 Å². The number of methoxy groups -OCH3 is 1. The van der Waals surface area contributed by atoms with E-state index in [4.69, 9.17) is 9.84 Å². The maximum Gasteiger partial charge on any atom is 0.320 e. The summed E-state index contributed by atoms with van der Waals surface area (Å²) >= 11 is 0. The van der Waals surface area contributed by atoms with Gasteiger partial charge in [0, 0.05) is 5.56 Å². The zero-order valence-corrected chi connectivity index (χ0v) is 11.6. The first-order chi connectivity index (χ1) is 8.88. The van der Waals surface area contributed by atoms with Gasteiger partial charge in [-0.2, -0.15) is 0 Å². The van der Waals surface area contributed by atoms with Gasteiger partial charge < -0.3 is 9.84 Å². The summed E-state index contributed by atoms with van der Waals surface area (Å²) in [5, 5.41) is 11.4. The van der Waals surface area contributed by atoms with Gasteiger partial charge in [0.05, 0.1) is 13.7 Å². The summed E-state index contributed by atoms with van der Waals surface area (Å²) in [7, 11) is 1.58. The minimum Gasteiger partial charge on any atom is -0.496 e. The molecule has 0 saturated carbocycles. The molecule has 5 heteroatoms. The van der Waals surface area contributed by atoms with Crippen LogP contribution in [0.15, 0.2) is 12.1 Å². The Bertz CT molecular complexity index is 496. The third kappa shape index (κ3) is 3.54. The molecule has 0 aromatic heterocycles. The highest BCUT2D eigenvalue weighted by atomic mass is 16.5. The molecule has 0 spiro atoms. The molecule has 0 bridgehead atoms. The van der Waals surface area contributed by atoms with Crippen LogP contribution < -0.4 is 10.1 Å². The SMILES string of the molecule is COc1ccc(C(=O)CNC(C)C(=O)O)c(C)c1C. The fourth-order valence-corrected chi connectivity index (χ4v) is 1.75. The van der Waals surface area contributed by atoms with E-state index in [-0.39, 0.29) is 12.3 Å². The van der Waals surface area contributed by atoms with E-state index in [2.05, 4.69) is 5.32 Å². The summed E-state index contributed by atoms with van der Waals surface area (Å²) < 4.78 is 5.19. The molecule has 1 atom stereocenters. The number of hydrogen-bond donors (Lipinski definition) is 2. The van der Waals surface area contributed by atoms with Gasteiger partial charge >= 0.3 is 5.97 Å². The predicted molar refractivity (Wildman–Crippen MR) is 71.9 cm³/mol. The summed E-state index contributed by atoms with van der Waals surface area (Å²) in [4.78, 5) is 22.7. The second-order valence-electron chi connectivity index (χ2n) is 4.43. The van der Waals surface area contributed by atoms with Gasteiger partial charge in [-0.1, -0.05) is 0 Å². The summed E-state index contributed by atoms with van der Waals surface area (Å²) in [5.41, 5.74) is 2.36. The minimum absolute atomic E-state index is 0.0000749. The van der Waals surface area contributed by atoms with Crippen molar-refractivity contribution in [3.8, 4) is 5.75 Å². The highest BCUT2D eigenvalue weighted by molar-refractivity contribution is 5.99. The summed E-state index contributed by atoms with van der Waals surface area (Å²) in [6.45, 7) is 5.24. The Balaban J connectivity index is 2.84. The van der Waals surface area contributed by atoms with Crippen molar-refractivity contribution in [3.63, 3.8) is 0 Å². The lowest BCUT2D eigenvalue weighted by atomic mass is 9.99. The molecule has 0 amide bonds. The molecular formula is C14H19NO4. The molecule has 0 heterocycles. The van der Waals surface area contributed by atoms with E-state index < -0.39 is 12.0 Å². The van der Waals surface area contributed by atoms with Gasteiger partial charge in [-0.3, -0.25) is 14.9 Å². The average Bonchev–Trinajstić information content (AvgIpc) is 2.38. The molecule has 1 aromatic rings. The van der Waals surface area contributed by atoms with Crippen molar-refractivity contribution in [2.75, 3.05) is 13.7 Å². The van der Waals surface area contributed by atoms with E-state index in [1.165, 1.54) is 6.92 Å². The van der Waals surface area contributed by atoms with Crippen LogP contribution in [0.1, 0.15) is 28.4 Å². The highest BCUT2D eigenvalue weighted by Gasteiger charge is 2.16. The number of ketones is 1. The van der Waals surface area contributed by atoms with Gasteiger partial charge in [0.25, 0.3) is 0 Å². The first-order valence-electron chi connectivity index (χ1n) is 6.02. The maximum absolute atomic E-state index is 12.0. The highest BCUT2D eigenvalue weighted by Crippen LogP contribution is 2.24. The van der Waals surface area contributed by atoms with E-state index in [1.807, 2.05) is 13.8 Å². The lowest BCUT2D eigenvalue weighted by Gasteiger charge is -2.13. The quantitative estimate of drug-likeness (QED) is 0.763. The van der Waals surface area contributed by atoms with Gasteiger partial charge in [-0.25, -0.2) is 0 Å². The van der Waals surface area contributed by atoms with Crippen LogP contribution in [0.25, 0.3) is 0 Å². The number of carbonyl (C=O) groups is 2. The zero-order chi connectivity index (χ0) is 14.6. The van der Waals surface area contributed by atoms with Crippen molar-refractivity contribution in [2.24, 2.45) is 0 Å². The van der Waals surface area contributed by atoms with Crippen LogP contribution in [0.3, 0.4) is 0 Å². The van der Waals surface area contributed by atoms with E-state index in [1.54, 1.807) is 19.2 Å². The van der Waals surface area contributed by atoms with E-state index in [9.17, 15) is 9.59 Å². The number of rotatable bonds is 6. The van der Waals surface area contributed by atoms with E-state index in [0.717, 1.165) is 16.9 Å². The van der Waals surface area contributed by atoms with Crippen molar-refractivity contribution < 1.29 is 19.4 Å². The van der Waals surface area contributed by atoms with Crippen LogP contribution in [-0.2, 0) is 4.79 Å². The molecule has 0 aliphatic rings. The Labute approximate surface area is 112 Å². The van der Waals surface area contributed by atoms with Crippen LogP contribution in [0.4, 0.5) is 0 Å². The molecule has 104 valence electrons. The number of benzene rings is 1. The Hall–Kier alpha value is -1.88. The lowest BCUT2D eigenvalue weighted by molar-refractivity contribution is -0.138. The third-order valence-corrected chi connectivity index (χ3v) is 3.20. The van der Waals surface area contributed by atoms with Crippen molar-refractivity contribution in [1.82, 2.24) is 5.32 Å². The summed E-state index contributed by atoms with van der Waals surface area (Å²) in [6.07, 6.45) is 0. The minimum atomic E-state index is -0.976. The van der Waals surface area contributed by atoms with Crippen molar-refractivity contribution in [3.05, 3.63) is 28.8 Å². The van der Waals surface area contributed by atoms with Crippen molar-refractivity contribution >= 4 is 11.8 Å². The molecule has 0 aliphatic heterocycles. The third-order valence-electron chi connectivity index (χ3n) is 3.20. The number of nitrogens with one attached hydrogen (secondary N) is 1. The van der Waals surface area contributed by atoms with Crippen molar-refractivity contribution in [2.45, 2.75) is 26.8 Å². The van der Waals surface area contributed by atoms with E-state index in [0.29, 0.717) is 5.56 Å². The number of hydrogen-bond acceptors (Lipinski definition) is 4. The number of carboxylic acid groups (broad SMARTS) is 1. The molecule has 0 radical (unpaired) electrons. The fraction of sp³-hybridized carbons (Fsp3) is 0.429. The van der Waals surface area contributed by atoms with Gasteiger partial charge in [-0.05, 0) is 44.0 Å². The van der Waals surface area contributed by atoms with Crippen LogP contribution in [-0.4, -0.2) is 36.6 Å². The fourth-order valence-electron chi connectivity index (χ4n) is 1.75. The summed E-state index contributed by atoms with van der Waals surface area (Å²) in [5.74, 6) is -0.368. The molecule has 0 fully saturated rings. The van der Waals surface area contributed by atoms with Crippen LogP contribution in [0.2, 0.25) is 0 Å². The second-order valence-corrected chi connectivity index (χ2v) is 4.43. The monoisotopic (exact) mass is 265 g/mol. The standard InChI is InChI=1S/C14H19NO4/c1-8-9(2)13(19-4)6-5-11(8)12(16)7-15-10(3)14(17)18/h5-6,10,15H,7H2,1-4H3,(H,17,18). The summed E-state index contributed by atoms with van der Waals surface area (Å²) in [6, 6.07) is 2.70. The number of ether oxygens (including phenoxy) is 1. The van der Waals surface area contributed by atoms with Crippen LogP contribution >= 0.6 is 0 Å². The predicted octanol–water partition coefficient (Wildman–Crippen LogP) is 1.56. The number of carbonyl (C=O) groups excluding carboxylic acids is 1. The normalized spacial score (nSPS) is 12.0. The Kier molecular flexibility index (Phi) is 5.06. The molecule has 1 aromatic carbocycles. The number of Topliss-reactive ketones (excluding diaryl/α,β-unsaturated/α-hetero) is 1. The smallest absolute Gasteiger partial charge is 0.320 e. The molecule has 2 N–H and O–H groups in total. The average molecular weight is 265 g/mol. The second kappa shape index (κ2) is 6.33. The molecule has 1 rings (SSSR count). The van der Waals surface area contributed by atoms with Gasteiger partial charge in [0.15, 0.2) is 5.78 Å². The van der Waals surface area contributed by atoms with Crippen molar-refractivity contribution in [1.29, 1.82) is 0 Å². The topological polar surface area (TPSA) is 75.6 Å². The number of aliphatic carboxylic acids is 1. The zero-order valence-electron chi connectivity index (χ0n) is 11.6. The van der Waals surface area contributed by atoms with Gasteiger partial charge in [0.2, 0.25) is 0 Å². The van der Waals surface area contributed by atoms with Gasteiger partial charge in [-0.15, -0.1) is 0 Å².